The van der Waals surface area contributed by atoms with Gasteiger partial charge in [0.1, 0.15) is 11.5 Å². The average Bonchev–Trinajstić information content (AvgIpc) is 2.92. The van der Waals surface area contributed by atoms with Gasteiger partial charge >= 0.3 is 0 Å². The Hall–Kier alpha value is -4.22. The molecule has 0 unspecified atom stereocenters. The van der Waals surface area contributed by atoms with E-state index in [0.717, 1.165) is 27.7 Å². The molecule has 4 aromatic carbocycles. The zero-order valence-corrected chi connectivity index (χ0v) is 23.3. The van der Waals surface area contributed by atoms with Crippen molar-refractivity contribution in [1.29, 1.82) is 0 Å². The van der Waals surface area contributed by atoms with Crippen molar-refractivity contribution in [2.24, 2.45) is 0 Å². The Bertz CT molecular complexity index is 1640. The number of anilines is 1. The summed E-state index contributed by atoms with van der Waals surface area (Å²) in [4.78, 5) is 24.4. The zero-order chi connectivity index (χ0) is 28.9. The van der Waals surface area contributed by atoms with Crippen LogP contribution in [-0.4, -0.2) is 31.5 Å². The van der Waals surface area contributed by atoms with Crippen LogP contribution in [0.4, 0.5) is 15.8 Å². The number of nitro benzene ring substituents is 1. The second-order valence-electron chi connectivity index (χ2n) is 8.95. The van der Waals surface area contributed by atoms with Crippen molar-refractivity contribution in [2.75, 3.05) is 17.6 Å². The van der Waals surface area contributed by atoms with Crippen molar-refractivity contribution in [2.45, 2.75) is 23.6 Å². The number of nitrogens with one attached hydrogen (secondary N) is 2. The minimum absolute atomic E-state index is 0.0728. The Labute approximate surface area is 235 Å². The minimum atomic E-state index is -4.40. The van der Waals surface area contributed by atoms with Crippen molar-refractivity contribution in [1.82, 2.24) is 4.72 Å². The summed E-state index contributed by atoms with van der Waals surface area (Å²) < 4.78 is 40.9. The fourth-order valence-electron chi connectivity index (χ4n) is 4.04. The van der Waals surface area contributed by atoms with E-state index < -0.39 is 31.4 Å². The van der Waals surface area contributed by atoms with E-state index in [1.165, 1.54) is 36.4 Å². The number of hydrogen-bond acceptors (Lipinski definition) is 7. The summed E-state index contributed by atoms with van der Waals surface area (Å²) in [5, 5.41) is 14.7. The van der Waals surface area contributed by atoms with E-state index >= 15 is 0 Å². The van der Waals surface area contributed by atoms with Crippen LogP contribution in [0.15, 0.2) is 94.7 Å². The molecule has 0 saturated carbocycles. The van der Waals surface area contributed by atoms with Gasteiger partial charge in [0, 0.05) is 28.8 Å². The molecule has 11 heteroatoms. The maximum atomic E-state index is 13.2. The van der Waals surface area contributed by atoms with Gasteiger partial charge in [0.2, 0.25) is 0 Å². The molecule has 40 heavy (non-hydrogen) atoms. The van der Waals surface area contributed by atoms with Gasteiger partial charge in [-0.3, -0.25) is 14.9 Å². The standard InChI is InChI=1S/C29H26FN3O5S2/c1-19-4-3-5-20(2)28(19)39-17-16-31-26-15-14-25(18-27(26)33(35)36)40(37,38)32-29(34)23-8-6-21(7-9-23)22-10-12-24(30)13-11-22/h3-15,18,31H,16-17H2,1-2H3,(H,32,34). The highest BCUT2D eigenvalue weighted by atomic mass is 32.2. The maximum Gasteiger partial charge on any atom is 0.293 e. The van der Waals surface area contributed by atoms with E-state index in [2.05, 4.69) is 5.32 Å². The highest BCUT2D eigenvalue weighted by Gasteiger charge is 2.24. The third-order valence-electron chi connectivity index (χ3n) is 6.10. The highest BCUT2D eigenvalue weighted by molar-refractivity contribution is 7.99. The Morgan fingerprint density at radius 3 is 2.12 bits per heavy atom. The number of nitrogens with zero attached hydrogens (tertiary/aromatic N) is 1. The first-order chi connectivity index (χ1) is 19.0. The molecule has 0 atom stereocenters. The van der Waals surface area contributed by atoms with Crippen LogP contribution in [0.3, 0.4) is 0 Å². The van der Waals surface area contributed by atoms with Crippen LogP contribution < -0.4 is 10.0 Å². The van der Waals surface area contributed by atoms with Crippen LogP contribution in [0.1, 0.15) is 21.5 Å². The molecule has 206 valence electrons. The lowest BCUT2D eigenvalue weighted by molar-refractivity contribution is -0.384. The Morgan fingerprint density at radius 1 is 0.925 bits per heavy atom. The molecular weight excluding hydrogens is 553 g/mol. The van der Waals surface area contributed by atoms with Gasteiger partial charge in [-0.1, -0.05) is 42.5 Å². The lowest BCUT2D eigenvalue weighted by Gasteiger charge is -2.12. The summed E-state index contributed by atoms with van der Waals surface area (Å²) in [5.41, 5.74) is 3.57. The highest BCUT2D eigenvalue weighted by Crippen LogP contribution is 2.29. The topological polar surface area (TPSA) is 118 Å². The quantitative estimate of drug-likeness (QED) is 0.0974. The van der Waals surface area contributed by atoms with Crippen molar-refractivity contribution < 1.29 is 22.5 Å². The molecule has 0 bridgehead atoms. The van der Waals surface area contributed by atoms with Crippen LogP contribution in [0.25, 0.3) is 11.1 Å². The summed E-state index contributed by atoms with van der Waals surface area (Å²) >= 11 is 1.63. The van der Waals surface area contributed by atoms with E-state index in [1.54, 1.807) is 36.0 Å². The van der Waals surface area contributed by atoms with Gasteiger partial charge in [0.15, 0.2) is 0 Å². The second-order valence-corrected chi connectivity index (χ2v) is 11.7. The number of aryl methyl sites for hydroxylation is 2. The number of sulfonamides is 1. The number of rotatable bonds is 10. The average molecular weight is 580 g/mol. The molecular formula is C29H26FN3O5S2. The van der Waals surface area contributed by atoms with Gasteiger partial charge in [-0.25, -0.2) is 17.5 Å². The summed E-state index contributed by atoms with van der Waals surface area (Å²) in [6.07, 6.45) is 0. The third kappa shape index (κ3) is 6.85. The van der Waals surface area contributed by atoms with E-state index in [4.69, 9.17) is 0 Å². The largest absolute Gasteiger partial charge is 0.379 e. The second kappa shape index (κ2) is 12.3. The fourth-order valence-corrected chi connectivity index (χ4v) is 6.03. The molecule has 0 heterocycles. The number of carbonyl (C=O) groups is 1. The molecule has 0 fully saturated rings. The minimum Gasteiger partial charge on any atom is -0.379 e. The predicted octanol–water partition coefficient (Wildman–Crippen LogP) is 6.34. The smallest absolute Gasteiger partial charge is 0.293 e. The molecule has 1 amide bonds. The van der Waals surface area contributed by atoms with Crippen LogP contribution in [0.2, 0.25) is 0 Å². The van der Waals surface area contributed by atoms with Gasteiger partial charge in [-0.05, 0) is 72.5 Å². The number of nitro groups is 1. The van der Waals surface area contributed by atoms with Crippen LogP contribution >= 0.6 is 11.8 Å². The Kier molecular flexibility index (Phi) is 8.86. The zero-order valence-electron chi connectivity index (χ0n) is 21.7. The first-order valence-corrected chi connectivity index (χ1v) is 14.7. The Morgan fingerprint density at radius 2 is 1.52 bits per heavy atom. The first kappa shape index (κ1) is 28.8. The van der Waals surface area contributed by atoms with Gasteiger partial charge < -0.3 is 5.32 Å². The van der Waals surface area contributed by atoms with E-state index in [9.17, 15) is 27.7 Å². The number of halogens is 1. The molecule has 0 radical (unpaired) electrons. The summed E-state index contributed by atoms with van der Waals surface area (Å²) in [6, 6.07) is 21.4. The first-order valence-electron chi connectivity index (χ1n) is 12.2. The molecule has 0 aliphatic carbocycles. The van der Waals surface area contributed by atoms with E-state index in [-0.39, 0.29) is 17.1 Å². The molecule has 2 N–H and O–H groups in total. The molecule has 0 aromatic heterocycles. The van der Waals surface area contributed by atoms with Crippen molar-refractivity contribution >= 4 is 39.1 Å². The molecule has 0 spiro atoms. The van der Waals surface area contributed by atoms with Crippen LogP contribution in [0.5, 0.6) is 0 Å². The summed E-state index contributed by atoms with van der Waals surface area (Å²) in [6.45, 7) is 4.46. The molecule has 0 saturated heterocycles. The van der Waals surface area contributed by atoms with Crippen molar-refractivity contribution in [3.05, 3.63) is 118 Å². The molecule has 0 aliphatic heterocycles. The van der Waals surface area contributed by atoms with E-state index in [1.807, 2.05) is 36.8 Å². The number of amides is 1. The van der Waals surface area contributed by atoms with Gasteiger partial charge in [-0.2, -0.15) is 0 Å². The van der Waals surface area contributed by atoms with Crippen LogP contribution in [0, 0.1) is 29.8 Å². The lowest BCUT2D eigenvalue weighted by atomic mass is 10.0. The fraction of sp³-hybridized carbons (Fsp3) is 0.138. The number of benzene rings is 4. The lowest BCUT2D eigenvalue weighted by Crippen LogP contribution is -2.30. The summed E-state index contributed by atoms with van der Waals surface area (Å²) in [7, 11) is -4.40. The molecule has 0 aliphatic rings. The van der Waals surface area contributed by atoms with Crippen molar-refractivity contribution in [3.8, 4) is 11.1 Å². The monoisotopic (exact) mass is 579 g/mol. The number of thioether (sulfide) groups is 1. The molecule has 8 nitrogen and oxygen atoms in total. The molecule has 4 rings (SSSR count). The third-order valence-corrected chi connectivity index (χ3v) is 8.77. The summed E-state index contributed by atoms with van der Waals surface area (Å²) in [5.74, 6) is -0.626. The number of hydrogen-bond donors (Lipinski definition) is 2. The normalized spacial score (nSPS) is 11.2. The van der Waals surface area contributed by atoms with Crippen LogP contribution in [-0.2, 0) is 10.0 Å². The van der Waals surface area contributed by atoms with E-state index in [0.29, 0.717) is 17.9 Å². The van der Waals surface area contributed by atoms with Gasteiger partial charge in [0.05, 0.1) is 9.82 Å². The Balaban J connectivity index is 1.43. The maximum absolute atomic E-state index is 13.2. The molecule has 4 aromatic rings. The number of carbonyl (C=O) groups excluding carboxylic acids is 1. The SMILES string of the molecule is Cc1cccc(C)c1SCCNc1ccc(S(=O)(=O)NC(=O)c2ccc(-c3ccc(F)cc3)cc2)cc1[N+](=O)[O-]. The van der Waals surface area contributed by atoms with Gasteiger partial charge in [-0.15, -0.1) is 11.8 Å². The van der Waals surface area contributed by atoms with Crippen molar-refractivity contribution in [3.63, 3.8) is 0 Å². The van der Waals surface area contributed by atoms with Gasteiger partial charge in [0.25, 0.3) is 21.6 Å². The predicted molar refractivity (Wildman–Crippen MR) is 155 cm³/mol.